The van der Waals surface area contributed by atoms with Crippen molar-refractivity contribution in [2.75, 3.05) is 11.6 Å². The minimum Gasteiger partial charge on any atom is -0.449 e. The fourth-order valence-electron chi connectivity index (χ4n) is 2.20. The van der Waals surface area contributed by atoms with Gasteiger partial charge in [-0.3, -0.25) is 15.0 Å². The first-order valence-electron chi connectivity index (χ1n) is 7.63. The zero-order valence-electron chi connectivity index (χ0n) is 13.9. The lowest BCUT2D eigenvalue weighted by molar-refractivity contribution is -0.119. The van der Waals surface area contributed by atoms with Crippen molar-refractivity contribution in [1.29, 1.82) is 0 Å². The summed E-state index contributed by atoms with van der Waals surface area (Å²) in [6.07, 6.45) is -0.389. The minimum absolute atomic E-state index is 0.160. The largest absolute Gasteiger partial charge is 0.449 e. The number of amides is 3. The number of ether oxygens (including phenoxy) is 1. The van der Waals surface area contributed by atoms with Crippen molar-refractivity contribution in [2.24, 2.45) is 5.10 Å². The Morgan fingerprint density at radius 1 is 1.25 bits per heavy atom. The third-order valence-corrected chi connectivity index (χ3v) is 3.44. The standard InChI is InChI=1S/C16H20N4O4/c1-4-24-16(23)18-17-15(22)12-7-8-14(21)20(19-12)13-9-10(2)5-6-11(13)3/h5-6,9H,4,7-8H2,1-3H3,(H,17,22)(H,18,23). The first kappa shape index (κ1) is 17.5. The van der Waals surface area contributed by atoms with Gasteiger partial charge in [0.2, 0.25) is 5.91 Å². The van der Waals surface area contributed by atoms with Gasteiger partial charge in [-0.2, -0.15) is 5.10 Å². The molecule has 0 bridgehead atoms. The fraction of sp³-hybridized carbons (Fsp3) is 0.375. The van der Waals surface area contributed by atoms with Gasteiger partial charge in [0, 0.05) is 12.8 Å². The van der Waals surface area contributed by atoms with Crippen molar-refractivity contribution in [3.63, 3.8) is 0 Å². The molecule has 1 aromatic carbocycles. The van der Waals surface area contributed by atoms with Gasteiger partial charge in [-0.15, -0.1) is 0 Å². The highest BCUT2D eigenvalue weighted by atomic mass is 16.5. The van der Waals surface area contributed by atoms with Crippen molar-refractivity contribution < 1.29 is 19.1 Å². The van der Waals surface area contributed by atoms with Gasteiger partial charge in [-0.25, -0.2) is 15.2 Å². The summed E-state index contributed by atoms with van der Waals surface area (Å²) in [7, 11) is 0. The Morgan fingerprint density at radius 3 is 2.71 bits per heavy atom. The summed E-state index contributed by atoms with van der Waals surface area (Å²) >= 11 is 0. The third kappa shape index (κ3) is 4.09. The van der Waals surface area contributed by atoms with Crippen molar-refractivity contribution >= 4 is 29.3 Å². The number of benzene rings is 1. The highest BCUT2D eigenvalue weighted by Gasteiger charge is 2.26. The molecule has 1 aromatic rings. The second kappa shape index (κ2) is 7.58. The normalized spacial score (nSPS) is 14.0. The lowest BCUT2D eigenvalue weighted by Gasteiger charge is -2.24. The number of nitrogens with zero attached hydrogens (tertiary/aromatic N) is 2. The highest BCUT2D eigenvalue weighted by Crippen LogP contribution is 2.25. The SMILES string of the molecule is CCOC(=O)NNC(=O)C1=NN(c2cc(C)ccc2C)C(=O)CC1. The molecule has 2 N–H and O–H groups in total. The van der Waals surface area contributed by atoms with Gasteiger partial charge in [0.25, 0.3) is 5.91 Å². The average molecular weight is 332 g/mol. The predicted molar refractivity (Wildman–Crippen MR) is 88.4 cm³/mol. The minimum atomic E-state index is -0.760. The summed E-state index contributed by atoms with van der Waals surface area (Å²) < 4.78 is 4.65. The Labute approximate surface area is 139 Å². The third-order valence-electron chi connectivity index (χ3n) is 3.44. The van der Waals surface area contributed by atoms with E-state index >= 15 is 0 Å². The molecule has 0 saturated heterocycles. The van der Waals surface area contributed by atoms with Crippen LogP contribution in [0.5, 0.6) is 0 Å². The maximum atomic E-state index is 12.2. The number of hydrazine groups is 1. The number of nitrogens with one attached hydrogen (secondary N) is 2. The number of anilines is 1. The Kier molecular flexibility index (Phi) is 5.51. The molecule has 0 spiro atoms. The van der Waals surface area contributed by atoms with Crippen molar-refractivity contribution in [1.82, 2.24) is 10.9 Å². The van der Waals surface area contributed by atoms with E-state index in [1.54, 1.807) is 6.92 Å². The van der Waals surface area contributed by atoms with E-state index in [-0.39, 0.29) is 31.1 Å². The second-order valence-electron chi connectivity index (χ2n) is 5.34. The van der Waals surface area contributed by atoms with Crippen LogP contribution in [0.4, 0.5) is 10.5 Å². The lowest BCUT2D eigenvalue weighted by Crippen LogP contribution is -2.47. The zero-order valence-corrected chi connectivity index (χ0v) is 13.9. The quantitative estimate of drug-likeness (QED) is 0.820. The van der Waals surface area contributed by atoms with Crippen LogP contribution in [-0.4, -0.2) is 30.2 Å². The van der Waals surface area contributed by atoms with E-state index < -0.39 is 12.0 Å². The molecule has 2 rings (SSSR count). The molecule has 8 heteroatoms. The molecular formula is C16H20N4O4. The van der Waals surface area contributed by atoms with Crippen LogP contribution in [0.15, 0.2) is 23.3 Å². The molecule has 0 unspecified atom stereocenters. The molecule has 24 heavy (non-hydrogen) atoms. The monoisotopic (exact) mass is 332 g/mol. The van der Waals surface area contributed by atoms with Crippen LogP contribution >= 0.6 is 0 Å². The van der Waals surface area contributed by atoms with Crippen LogP contribution in [0.3, 0.4) is 0 Å². The molecule has 1 aliphatic heterocycles. The van der Waals surface area contributed by atoms with E-state index in [1.165, 1.54) is 5.01 Å². The van der Waals surface area contributed by atoms with Gasteiger partial charge in [0.15, 0.2) is 0 Å². The first-order chi connectivity index (χ1) is 11.4. The van der Waals surface area contributed by atoms with Gasteiger partial charge in [0.1, 0.15) is 5.71 Å². The molecule has 8 nitrogen and oxygen atoms in total. The van der Waals surface area contributed by atoms with E-state index in [9.17, 15) is 14.4 Å². The number of carbonyl (C=O) groups excluding carboxylic acids is 3. The van der Waals surface area contributed by atoms with Crippen LogP contribution in [-0.2, 0) is 14.3 Å². The number of hydrazone groups is 1. The molecule has 0 radical (unpaired) electrons. The molecule has 0 saturated carbocycles. The first-order valence-corrected chi connectivity index (χ1v) is 7.63. The topological polar surface area (TPSA) is 100 Å². The number of aryl methyl sites for hydroxylation is 2. The van der Waals surface area contributed by atoms with Crippen LogP contribution in [0, 0.1) is 13.8 Å². The van der Waals surface area contributed by atoms with E-state index in [0.717, 1.165) is 11.1 Å². The van der Waals surface area contributed by atoms with Crippen molar-refractivity contribution in [2.45, 2.75) is 33.6 Å². The summed E-state index contributed by atoms with van der Waals surface area (Å²) in [5.74, 6) is -0.760. The molecule has 1 heterocycles. The molecule has 0 aliphatic carbocycles. The molecular weight excluding hydrogens is 312 g/mol. The van der Waals surface area contributed by atoms with Crippen molar-refractivity contribution in [3.8, 4) is 0 Å². The van der Waals surface area contributed by atoms with Crippen LogP contribution in [0.1, 0.15) is 30.9 Å². The maximum Gasteiger partial charge on any atom is 0.426 e. The number of hydrogen-bond acceptors (Lipinski definition) is 5. The number of hydrogen-bond donors (Lipinski definition) is 2. The highest BCUT2D eigenvalue weighted by molar-refractivity contribution is 6.40. The molecule has 3 amide bonds. The Bertz CT molecular complexity index is 699. The van der Waals surface area contributed by atoms with Crippen LogP contribution in [0.2, 0.25) is 0 Å². The summed E-state index contributed by atoms with van der Waals surface area (Å²) in [6.45, 7) is 5.63. The number of carbonyl (C=O) groups is 3. The summed E-state index contributed by atoms with van der Waals surface area (Å²) in [6, 6.07) is 5.67. The average Bonchev–Trinajstić information content (AvgIpc) is 2.56. The predicted octanol–water partition coefficient (Wildman–Crippen LogP) is 1.56. The van der Waals surface area contributed by atoms with Gasteiger partial charge >= 0.3 is 6.09 Å². The smallest absolute Gasteiger partial charge is 0.426 e. The van der Waals surface area contributed by atoms with Gasteiger partial charge in [-0.1, -0.05) is 12.1 Å². The summed E-state index contributed by atoms with van der Waals surface area (Å²) in [4.78, 5) is 35.5. The van der Waals surface area contributed by atoms with Gasteiger partial charge in [-0.05, 0) is 38.0 Å². The van der Waals surface area contributed by atoms with Gasteiger partial charge < -0.3 is 4.74 Å². The number of rotatable bonds is 3. The maximum absolute atomic E-state index is 12.2. The fourth-order valence-corrected chi connectivity index (χ4v) is 2.20. The van der Waals surface area contributed by atoms with Crippen LogP contribution < -0.4 is 15.9 Å². The Balaban J connectivity index is 2.17. The summed E-state index contributed by atoms with van der Waals surface area (Å²) in [5.41, 5.74) is 7.01. The van der Waals surface area contributed by atoms with Gasteiger partial charge in [0.05, 0.1) is 12.3 Å². The summed E-state index contributed by atoms with van der Waals surface area (Å²) in [5, 5.41) is 5.40. The van der Waals surface area contributed by atoms with Crippen molar-refractivity contribution in [3.05, 3.63) is 29.3 Å². The van der Waals surface area contributed by atoms with E-state index in [2.05, 4.69) is 20.7 Å². The molecule has 0 aromatic heterocycles. The molecule has 0 atom stereocenters. The van der Waals surface area contributed by atoms with Crippen LogP contribution in [0.25, 0.3) is 0 Å². The zero-order chi connectivity index (χ0) is 17.7. The van der Waals surface area contributed by atoms with E-state index in [4.69, 9.17) is 0 Å². The van der Waals surface area contributed by atoms with E-state index in [1.807, 2.05) is 32.0 Å². The second-order valence-corrected chi connectivity index (χ2v) is 5.34. The molecule has 0 fully saturated rings. The molecule has 1 aliphatic rings. The Hall–Kier alpha value is -2.90. The Morgan fingerprint density at radius 2 is 2.00 bits per heavy atom. The molecule has 128 valence electrons. The van der Waals surface area contributed by atoms with E-state index in [0.29, 0.717) is 5.69 Å². The lowest BCUT2D eigenvalue weighted by atomic mass is 10.1.